The molecule has 0 unspecified atom stereocenters. The zero-order chi connectivity index (χ0) is 24.7. The number of benzene rings is 2. The Morgan fingerprint density at radius 1 is 1.03 bits per heavy atom. The minimum absolute atomic E-state index is 0.00952. The molecule has 0 atom stereocenters. The van der Waals surface area contributed by atoms with Crippen LogP contribution in [0.4, 0.5) is 5.82 Å². The monoisotopic (exact) mass is 460 g/mol. The van der Waals surface area contributed by atoms with Gasteiger partial charge in [0.05, 0.1) is 24.3 Å². The fraction of sp³-hybridized carbons (Fsp3) is 0.393. The number of aromatic nitrogens is 2. The lowest BCUT2D eigenvalue weighted by molar-refractivity contribution is -0.134. The van der Waals surface area contributed by atoms with Gasteiger partial charge < -0.3 is 10.2 Å². The molecule has 1 N–H and O–H groups in total. The summed E-state index contributed by atoms with van der Waals surface area (Å²) in [5.41, 5.74) is 3.68. The highest BCUT2D eigenvalue weighted by molar-refractivity contribution is 5.94. The average Bonchev–Trinajstić information content (AvgIpc) is 3.22. The summed E-state index contributed by atoms with van der Waals surface area (Å²) in [6.07, 6.45) is 2.09. The second-order valence-electron chi connectivity index (χ2n) is 9.79. The molecular formula is C28H36N4O2. The molecule has 0 bridgehead atoms. The van der Waals surface area contributed by atoms with Gasteiger partial charge in [-0.2, -0.15) is 5.10 Å². The van der Waals surface area contributed by atoms with Gasteiger partial charge in [-0.25, -0.2) is 4.68 Å². The van der Waals surface area contributed by atoms with Crippen molar-refractivity contribution in [2.24, 2.45) is 0 Å². The molecule has 1 heterocycles. The van der Waals surface area contributed by atoms with Crippen LogP contribution in [0.2, 0.25) is 0 Å². The molecular weight excluding hydrogens is 424 g/mol. The van der Waals surface area contributed by atoms with Crippen LogP contribution < -0.4 is 5.32 Å². The van der Waals surface area contributed by atoms with Crippen LogP contribution in [0.3, 0.4) is 0 Å². The van der Waals surface area contributed by atoms with Crippen LogP contribution in [0, 0.1) is 6.92 Å². The number of anilines is 1. The fourth-order valence-corrected chi connectivity index (χ4v) is 3.60. The van der Waals surface area contributed by atoms with E-state index >= 15 is 0 Å². The molecule has 2 amide bonds. The SMILES string of the molecule is CCCCN(CC(=O)Nc1cc(C(C)(C)C)nn1-c1ccc(C)cc1)C(=O)Cc1ccccc1. The summed E-state index contributed by atoms with van der Waals surface area (Å²) in [6, 6.07) is 19.6. The highest BCUT2D eigenvalue weighted by Gasteiger charge is 2.23. The maximum atomic E-state index is 13.1. The summed E-state index contributed by atoms with van der Waals surface area (Å²) in [4.78, 5) is 27.7. The van der Waals surface area contributed by atoms with Gasteiger partial charge in [-0.15, -0.1) is 0 Å². The second-order valence-corrected chi connectivity index (χ2v) is 9.79. The normalized spacial score (nSPS) is 11.3. The van der Waals surface area contributed by atoms with Crippen molar-refractivity contribution >= 4 is 17.6 Å². The van der Waals surface area contributed by atoms with Crippen LogP contribution >= 0.6 is 0 Å². The van der Waals surface area contributed by atoms with E-state index in [0.717, 1.165) is 35.3 Å². The summed E-state index contributed by atoms with van der Waals surface area (Å²) in [7, 11) is 0. The van der Waals surface area contributed by atoms with Crippen molar-refractivity contribution in [2.75, 3.05) is 18.4 Å². The molecule has 34 heavy (non-hydrogen) atoms. The first kappa shape index (κ1) is 25.2. The molecule has 2 aromatic carbocycles. The van der Waals surface area contributed by atoms with Crippen LogP contribution in [0.15, 0.2) is 60.7 Å². The Morgan fingerprint density at radius 3 is 2.32 bits per heavy atom. The van der Waals surface area contributed by atoms with Crippen molar-refractivity contribution in [3.05, 3.63) is 77.5 Å². The third kappa shape index (κ3) is 6.80. The van der Waals surface area contributed by atoms with Gasteiger partial charge in [-0.1, -0.05) is 82.1 Å². The Kier molecular flexibility index (Phi) is 8.26. The van der Waals surface area contributed by atoms with Crippen molar-refractivity contribution in [3.8, 4) is 5.69 Å². The van der Waals surface area contributed by atoms with E-state index in [9.17, 15) is 9.59 Å². The van der Waals surface area contributed by atoms with Crippen LogP contribution in [0.5, 0.6) is 0 Å². The van der Waals surface area contributed by atoms with E-state index in [-0.39, 0.29) is 30.2 Å². The Labute approximate surface area is 203 Å². The number of hydrogen-bond donors (Lipinski definition) is 1. The van der Waals surface area contributed by atoms with Crippen molar-refractivity contribution in [3.63, 3.8) is 0 Å². The van der Waals surface area contributed by atoms with Gasteiger partial charge >= 0.3 is 0 Å². The highest BCUT2D eigenvalue weighted by Crippen LogP contribution is 2.26. The summed E-state index contributed by atoms with van der Waals surface area (Å²) in [5, 5.41) is 7.78. The van der Waals surface area contributed by atoms with E-state index in [1.807, 2.05) is 67.6 Å². The lowest BCUT2D eigenvalue weighted by atomic mass is 9.92. The van der Waals surface area contributed by atoms with Gasteiger partial charge in [0.1, 0.15) is 5.82 Å². The third-order valence-corrected chi connectivity index (χ3v) is 5.69. The minimum atomic E-state index is -0.230. The number of rotatable bonds is 9. The number of hydrogen-bond acceptors (Lipinski definition) is 3. The van der Waals surface area contributed by atoms with Crippen LogP contribution in [0.25, 0.3) is 5.69 Å². The van der Waals surface area contributed by atoms with E-state index in [2.05, 4.69) is 33.0 Å². The van der Waals surface area contributed by atoms with Crippen molar-refractivity contribution in [2.45, 2.75) is 59.3 Å². The quantitative estimate of drug-likeness (QED) is 0.472. The molecule has 0 spiro atoms. The van der Waals surface area contributed by atoms with Crippen molar-refractivity contribution in [1.82, 2.24) is 14.7 Å². The number of unbranched alkanes of at least 4 members (excludes halogenated alkanes) is 1. The molecule has 6 heteroatoms. The summed E-state index contributed by atoms with van der Waals surface area (Å²) in [5.74, 6) is 0.327. The Hall–Kier alpha value is -3.41. The largest absolute Gasteiger partial charge is 0.333 e. The third-order valence-electron chi connectivity index (χ3n) is 5.69. The lowest BCUT2D eigenvalue weighted by Gasteiger charge is -2.22. The van der Waals surface area contributed by atoms with Crippen molar-refractivity contribution < 1.29 is 9.59 Å². The number of carbonyl (C=O) groups is 2. The topological polar surface area (TPSA) is 67.2 Å². The van der Waals surface area contributed by atoms with Crippen LogP contribution in [-0.4, -0.2) is 39.6 Å². The molecule has 0 aliphatic carbocycles. The lowest BCUT2D eigenvalue weighted by Crippen LogP contribution is -2.39. The van der Waals surface area contributed by atoms with Crippen LogP contribution in [0.1, 0.15) is 57.4 Å². The van der Waals surface area contributed by atoms with Crippen LogP contribution in [-0.2, 0) is 21.4 Å². The zero-order valence-electron chi connectivity index (χ0n) is 21.0. The Bertz CT molecular complexity index is 1100. The van der Waals surface area contributed by atoms with Crippen molar-refractivity contribution in [1.29, 1.82) is 0 Å². The fourth-order valence-electron chi connectivity index (χ4n) is 3.60. The maximum Gasteiger partial charge on any atom is 0.245 e. The van der Waals surface area contributed by atoms with E-state index in [1.54, 1.807) is 9.58 Å². The van der Waals surface area contributed by atoms with E-state index < -0.39 is 0 Å². The van der Waals surface area contributed by atoms with E-state index in [1.165, 1.54) is 0 Å². The van der Waals surface area contributed by atoms with E-state index in [4.69, 9.17) is 5.10 Å². The molecule has 1 aromatic heterocycles. The molecule has 0 aliphatic rings. The van der Waals surface area contributed by atoms with Gasteiger partial charge in [0.2, 0.25) is 11.8 Å². The molecule has 0 aliphatic heterocycles. The van der Waals surface area contributed by atoms with E-state index in [0.29, 0.717) is 12.4 Å². The zero-order valence-corrected chi connectivity index (χ0v) is 21.0. The van der Waals surface area contributed by atoms with Gasteiger partial charge in [0.15, 0.2) is 0 Å². The van der Waals surface area contributed by atoms with Gasteiger partial charge in [0.25, 0.3) is 0 Å². The molecule has 180 valence electrons. The highest BCUT2D eigenvalue weighted by atomic mass is 16.2. The number of nitrogens with one attached hydrogen (secondary N) is 1. The second kappa shape index (κ2) is 11.1. The molecule has 0 radical (unpaired) electrons. The smallest absolute Gasteiger partial charge is 0.245 e. The minimum Gasteiger partial charge on any atom is -0.333 e. The van der Waals surface area contributed by atoms with Gasteiger partial charge in [0, 0.05) is 18.0 Å². The first-order valence-corrected chi connectivity index (χ1v) is 12.0. The number of nitrogens with zero attached hydrogens (tertiary/aromatic N) is 3. The molecule has 6 nitrogen and oxygen atoms in total. The number of aryl methyl sites for hydroxylation is 1. The Morgan fingerprint density at radius 2 is 1.71 bits per heavy atom. The predicted octanol–water partition coefficient (Wildman–Crippen LogP) is 5.29. The maximum absolute atomic E-state index is 13.1. The average molecular weight is 461 g/mol. The predicted molar refractivity (Wildman–Crippen MR) is 137 cm³/mol. The summed E-state index contributed by atoms with van der Waals surface area (Å²) < 4.78 is 1.76. The van der Waals surface area contributed by atoms with Gasteiger partial charge in [-0.3, -0.25) is 9.59 Å². The molecule has 0 saturated heterocycles. The summed E-state index contributed by atoms with van der Waals surface area (Å²) in [6.45, 7) is 11.0. The molecule has 3 aromatic rings. The van der Waals surface area contributed by atoms with Gasteiger partial charge in [-0.05, 0) is 31.0 Å². The molecule has 0 saturated carbocycles. The molecule has 3 rings (SSSR count). The number of carbonyl (C=O) groups excluding carboxylic acids is 2. The summed E-state index contributed by atoms with van der Waals surface area (Å²) >= 11 is 0. The first-order chi connectivity index (χ1) is 16.2. The Balaban J connectivity index is 1.79. The standard InChI is InChI=1S/C28H36N4O2/c1-6-7-17-31(27(34)18-22-11-9-8-10-12-22)20-26(33)29-25-19-24(28(3,4)5)30-32(25)23-15-13-21(2)14-16-23/h8-16,19H,6-7,17-18,20H2,1-5H3,(H,29,33). The number of amides is 2. The molecule has 0 fully saturated rings. The first-order valence-electron chi connectivity index (χ1n) is 12.0.